The molecule has 1 rings (SSSR count). The predicted molar refractivity (Wildman–Crippen MR) is 59.8 cm³/mol. The molecule has 3 heteroatoms. The van der Waals surface area contributed by atoms with Crippen molar-refractivity contribution in [1.82, 2.24) is 0 Å². The standard InChI is InChI=1S/C12H17NO2/c1-9(13)3-4-10-5-7-11(8-6-10)12(14)15-2/h5-9H,3-4,13H2,1-2H3. The molecule has 0 aliphatic rings. The van der Waals surface area contributed by atoms with Crippen LogP contribution in [0.2, 0.25) is 0 Å². The Kier molecular flexibility index (Phi) is 4.31. The van der Waals surface area contributed by atoms with Gasteiger partial charge in [0.05, 0.1) is 12.7 Å². The van der Waals surface area contributed by atoms with E-state index in [1.54, 1.807) is 12.1 Å². The van der Waals surface area contributed by atoms with E-state index in [-0.39, 0.29) is 12.0 Å². The van der Waals surface area contributed by atoms with E-state index in [0.29, 0.717) is 5.56 Å². The molecule has 0 spiro atoms. The second-order valence-corrected chi connectivity index (χ2v) is 3.70. The van der Waals surface area contributed by atoms with Gasteiger partial charge < -0.3 is 10.5 Å². The van der Waals surface area contributed by atoms with Gasteiger partial charge in [-0.1, -0.05) is 12.1 Å². The van der Waals surface area contributed by atoms with E-state index in [2.05, 4.69) is 4.74 Å². The van der Waals surface area contributed by atoms with Gasteiger partial charge in [-0.05, 0) is 37.5 Å². The Morgan fingerprint density at radius 3 is 2.47 bits per heavy atom. The van der Waals surface area contributed by atoms with Gasteiger partial charge in [0.1, 0.15) is 0 Å². The summed E-state index contributed by atoms with van der Waals surface area (Å²) in [4.78, 5) is 11.1. The molecule has 0 bridgehead atoms. The first kappa shape index (κ1) is 11.7. The monoisotopic (exact) mass is 207 g/mol. The molecule has 0 amide bonds. The van der Waals surface area contributed by atoms with Gasteiger partial charge >= 0.3 is 5.97 Å². The zero-order valence-electron chi connectivity index (χ0n) is 9.19. The van der Waals surface area contributed by atoms with Crippen LogP contribution in [0.1, 0.15) is 29.3 Å². The van der Waals surface area contributed by atoms with E-state index < -0.39 is 0 Å². The van der Waals surface area contributed by atoms with Gasteiger partial charge in [-0.2, -0.15) is 0 Å². The number of carbonyl (C=O) groups is 1. The number of benzene rings is 1. The van der Waals surface area contributed by atoms with Crippen LogP contribution in [0.15, 0.2) is 24.3 Å². The fourth-order valence-electron chi connectivity index (χ4n) is 1.32. The average Bonchev–Trinajstić information content (AvgIpc) is 2.26. The number of hydrogen-bond acceptors (Lipinski definition) is 3. The third kappa shape index (κ3) is 3.72. The smallest absolute Gasteiger partial charge is 0.337 e. The lowest BCUT2D eigenvalue weighted by molar-refractivity contribution is 0.0600. The molecular formula is C12H17NO2. The van der Waals surface area contributed by atoms with E-state index in [0.717, 1.165) is 12.8 Å². The summed E-state index contributed by atoms with van der Waals surface area (Å²) in [5.74, 6) is -0.297. The predicted octanol–water partition coefficient (Wildman–Crippen LogP) is 1.75. The molecule has 0 aromatic heterocycles. The highest BCUT2D eigenvalue weighted by Crippen LogP contribution is 2.08. The molecule has 0 heterocycles. The van der Waals surface area contributed by atoms with Crippen molar-refractivity contribution in [1.29, 1.82) is 0 Å². The van der Waals surface area contributed by atoms with Crippen LogP contribution in [0.5, 0.6) is 0 Å². The number of nitrogens with two attached hydrogens (primary N) is 1. The number of carbonyl (C=O) groups excluding carboxylic acids is 1. The summed E-state index contributed by atoms with van der Waals surface area (Å²) in [7, 11) is 1.38. The normalized spacial score (nSPS) is 12.2. The van der Waals surface area contributed by atoms with E-state index in [9.17, 15) is 4.79 Å². The minimum absolute atomic E-state index is 0.213. The minimum atomic E-state index is -0.297. The Morgan fingerprint density at radius 1 is 1.40 bits per heavy atom. The van der Waals surface area contributed by atoms with Crippen LogP contribution >= 0.6 is 0 Å². The molecule has 0 fully saturated rings. The third-order valence-corrected chi connectivity index (χ3v) is 2.26. The fourth-order valence-corrected chi connectivity index (χ4v) is 1.32. The lowest BCUT2D eigenvalue weighted by Gasteiger charge is -2.05. The highest BCUT2D eigenvalue weighted by molar-refractivity contribution is 5.89. The van der Waals surface area contributed by atoms with Crippen LogP contribution in [0.25, 0.3) is 0 Å². The summed E-state index contributed by atoms with van der Waals surface area (Å²) < 4.78 is 4.62. The average molecular weight is 207 g/mol. The molecule has 1 aromatic carbocycles. The second kappa shape index (κ2) is 5.51. The molecule has 15 heavy (non-hydrogen) atoms. The van der Waals surface area contributed by atoms with Gasteiger partial charge in [-0.15, -0.1) is 0 Å². The molecular weight excluding hydrogens is 190 g/mol. The number of rotatable bonds is 4. The van der Waals surface area contributed by atoms with Crippen LogP contribution in [-0.4, -0.2) is 19.1 Å². The molecule has 0 aliphatic carbocycles. The van der Waals surface area contributed by atoms with Gasteiger partial charge in [-0.25, -0.2) is 4.79 Å². The maximum absolute atomic E-state index is 11.1. The van der Waals surface area contributed by atoms with Crippen LogP contribution in [0.3, 0.4) is 0 Å². The van der Waals surface area contributed by atoms with Crippen LogP contribution < -0.4 is 5.73 Å². The van der Waals surface area contributed by atoms with Crippen molar-refractivity contribution in [2.45, 2.75) is 25.8 Å². The van der Waals surface area contributed by atoms with Crippen molar-refractivity contribution in [2.24, 2.45) is 5.73 Å². The minimum Gasteiger partial charge on any atom is -0.465 e. The first-order valence-corrected chi connectivity index (χ1v) is 5.06. The number of aryl methyl sites for hydroxylation is 1. The summed E-state index contributed by atoms with van der Waals surface area (Å²) in [6, 6.07) is 7.65. The molecule has 0 aliphatic heterocycles. The highest BCUT2D eigenvalue weighted by atomic mass is 16.5. The fraction of sp³-hybridized carbons (Fsp3) is 0.417. The van der Waals surface area contributed by atoms with Crippen molar-refractivity contribution in [3.8, 4) is 0 Å². The molecule has 2 N–H and O–H groups in total. The summed E-state index contributed by atoms with van der Waals surface area (Å²) >= 11 is 0. The third-order valence-electron chi connectivity index (χ3n) is 2.26. The maximum Gasteiger partial charge on any atom is 0.337 e. The SMILES string of the molecule is COC(=O)c1ccc(CCC(C)N)cc1. The number of methoxy groups -OCH3 is 1. The van der Waals surface area contributed by atoms with Crippen molar-refractivity contribution < 1.29 is 9.53 Å². The first-order valence-electron chi connectivity index (χ1n) is 5.06. The molecule has 0 saturated carbocycles. The lowest BCUT2D eigenvalue weighted by atomic mass is 10.0. The Bertz CT molecular complexity index is 317. The van der Waals surface area contributed by atoms with Crippen molar-refractivity contribution in [3.05, 3.63) is 35.4 Å². The summed E-state index contributed by atoms with van der Waals surface area (Å²) in [5, 5.41) is 0. The Hall–Kier alpha value is -1.35. The van der Waals surface area contributed by atoms with Crippen molar-refractivity contribution in [3.63, 3.8) is 0 Å². The van der Waals surface area contributed by atoms with E-state index in [4.69, 9.17) is 5.73 Å². The number of esters is 1. The van der Waals surface area contributed by atoms with Crippen LogP contribution in [-0.2, 0) is 11.2 Å². The van der Waals surface area contributed by atoms with Crippen LogP contribution in [0.4, 0.5) is 0 Å². The molecule has 0 saturated heterocycles. The van der Waals surface area contributed by atoms with Crippen molar-refractivity contribution >= 4 is 5.97 Å². The second-order valence-electron chi connectivity index (χ2n) is 3.70. The van der Waals surface area contributed by atoms with Gasteiger partial charge in [-0.3, -0.25) is 0 Å². The summed E-state index contributed by atoms with van der Waals surface area (Å²) in [5.41, 5.74) is 7.45. The largest absolute Gasteiger partial charge is 0.465 e. The zero-order valence-corrected chi connectivity index (χ0v) is 9.19. The quantitative estimate of drug-likeness (QED) is 0.765. The van der Waals surface area contributed by atoms with Crippen LogP contribution in [0, 0.1) is 0 Å². The van der Waals surface area contributed by atoms with E-state index >= 15 is 0 Å². The summed E-state index contributed by atoms with van der Waals surface area (Å²) in [6.07, 6.45) is 1.90. The topological polar surface area (TPSA) is 52.3 Å². The Morgan fingerprint density at radius 2 is 2.00 bits per heavy atom. The van der Waals surface area contributed by atoms with Gasteiger partial charge in [0.2, 0.25) is 0 Å². The zero-order chi connectivity index (χ0) is 11.3. The molecule has 1 unspecified atom stereocenters. The van der Waals surface area contributed by atoms with Gasteiger partial charge in [0, 0.05) is 6.04 Å². The summed E-state index contributed by atoms with van der Waals surface area (Å²) in [6.45, 7) is 1.99. The Labute approximate surface area is 90.2 Å². The number of hydrogen-bond donors (Lipinski definition) is 1. The molecule has 1 atom stereocenters. The van der Waals surface area contributed by atoms with Crippen molar-refractivity contribution in [2.75, 3.05) is 7.11 Å². The van der Waals surface area contributed by atoms with Gasteiger partial charge in [0.15, 0.2) is 0 Å². The Balaban J connectivity index is 2.60. The van der Waals surface area contributed by atoms with Gasteiger partial charge in [0.25, 0.3) is 0 Å². The molecule has 1 aromatic rings. The number of ether oxygens (including phenoxy) is 1. The van der Waals surface area contributed by atoms with E-state index in [1.807, 2.05) is 19.1 Å². The molecule has 3 nitrogen and oxygen atoms in total. The molecule has 82 valence electrons. The first-order chi connectivity index (χ1) is 7.13. The highest BCUT2D eigenvalue weighted by Gasteiger charge is 2.04. The lowest BCUT2D eigenvalue weighted by Crippen LogP contribution is -2.15. The molecule has 0 radical (unpaired) electrons. The maximum atomic E-state index is 11.1. The van der Waals surface area contributed by atoms with E-state index in [1.165, 1.54) is 12.7 Å².